The zero-order valence-corrected chi connectivity index (χ0v) is 11.2. The summed E-state index contributed by atoms with van der Waals surface area (Å²) in [5, 5.41) is 6.89. The smallest absolute Gasteiger partial charge is 0.238 e. The lowest BCUT2D eigenvalue weighted by Crippen LogP contribution is -2.51. The van der Waals surface area contributed by atoms with Crippen molar-refractivity contribution in [3.8, 4) is 0 Å². The number of halogens is 1. The van der Waals surface area contributed by atoms with Crippen molar-refractivity contribution in [1.29, 1.82) is 0 Å². The SMILES string of the molecule is CC1CN(CC(=O)Nc2ccc(Cl)cc2)CCN1. The molecule has 4 nitrogen and oxygen atoms in total. The molecule has 1 aromatic rings. The standard InChI is InChI=1S/C13H18ClN3O/c1-10-8-17(7-6-15-10)9-13(18)16-12-4-2-11(14)3-5-12/h2-5,10,15H,6-9H2,1H3,(H,16,18). The van der Waals surface area contributed by atoms with E-state index in [1.165, 1.54) is 0 Å². The van der Waals surface area contributed by atoms with Gasteiger partial charge in [-0.15, -0.1) is 0 Å². The number of benzene rings is 1. The Morgan fingerprint density at radius 2 is 2.22 bits per heavy atom. The maximum atomic E-state index is 11.9. The maximum absolute atomic E-state index is 11.9. The Hall–Kier alpha value is -1.10. The van der Waals surface area contributed by atoms with Crippen LogP contribution in [0.4, 0.5) is 5.69 Å². The van der Waals surface area contributed by atoms with E-state index in [9.17, 15) is 4.79 Å². The van der Waals surface area contributed by atoms with Crippen molar-refractivity contribution in [3.63, 3.8) is 0 Å². The van der Waals surface area contributed by atoms with Gasteiger partial charge in [-0.25, -0.2) is 0 Å². The number of nitrogens with zero attached hydrogens (tertiary/aromatic N) is 1. The molecule has 1 saturated heterocycles. The summed E-state index contributed by atoms with van der Waals surface area (Å²) >= 11 is 5.79. The molecule has 1 fully saturated rings. The van der Waals surface area contributed by atoms with Gasteiger partial charge in [-0.05, 0) is 31.2 Å². The zero-order chi connectivity index (χ0) is 13.0. The third-order valence-electron chi connectivity index (χ3n) is 2.95. The zero-order valence-electron chi connectivity index (χ0n) is 10.4. The van der Waals surface area contributed by atoms with Crippen LogP contribution in [0.3, 0.4) is 0 Å². The van der Waals surface area contributed by atoms with Crippen molar-refractivity contribution in [1.82, 2.24) is 10.2 Å². The molecule has 18 heavy (non-hydrogen) atoms. The summed E-state index contributed by atoms with van der Waals surface area (Å²) in [5.74, 6) is 0.0198. The quantitative estimate of drug-likeness (QED) is 0.874. The number of anilines is 1. The van der Waals surface area contributed by atoms with E-state index in [0.717, 1.165) is 25.3 Å². The van der Waals surface area contributed by atoms with Gasteiger partial charge in [0.05, 0.1) is 6.54 Å². The van der Waals surface area contributed by atoms with Gasteiger partial charge in [0.2, 0.25) is 5.91 Å². The molecule has 2 rings (SSSR count). The summed E-state index contributed by atoms with van der Waals surface area (Å²) in [6.45, 7) is 5.33. The van der Waals surface area contributed by atoms with Crippen LogP contribution < -0.4 is 10.6 Å². The van der Waals surface area contributed by atoms with Crippen molar-refractivity contribution < 1.29 is 4.79 Å². The van der Waals surface area contributed by atoms with Crippen molar-refractivity contribution in [2.75, 3.05) is 31.5 Å². The minimum Gasteiger partial charge on any atom is -0.325 e. The van der Waals surface area contributed by atoms with Crippen molar-refractivity contribution in [3.05, 3.63) is 29.3 Å². The first-order valence-electron chi connectivity index (χ1n) is 6.14. The van der Waals surface area contributed by atoms with Crippen LogP contribution in [0.5, 0.6) is 0 Å². The van der Waals surface area contributed by atoms with Crippen LogP contribution >= 0.6 is 11.6 Å². The number of hydrogen-bond acceptors (Lipinski definition) is 3. The molecule has 1 heterocycles. The van der Waals surface area contributed by atoms with Crippen molar-refractivity contribution in [2.24, 2.45) is 0 Å². The number of amides is 1. The van der Waals surface area contributed by atoms with Crippen LogP contribution in [0.25, 0.3) is 0 Å². The van der Waals surface area contributed by atoms with E-state index in [-0.39, 0.29) is 5.91 Å². The lowest BCUT2D eigenvalue weighted by atomic mass is 10.2. The van der Waals surface area contributed by atoms with Gasteiger partial charge in [0.25, 0.3) is 0 Å². The summed E-state index contributed by atoms with van der Waals surface area (Å²) in [4.78, 5) is 14.0. The molecule has 1 aromatic carbocycles. The number of piperazine rings is 1. The first kappa shape index (κ1) is 13.3. The van der Waals surface area contributed by atoms with Gasteiger partial charge < -0.3 is 10.6 Å². The minimum absolute atomic E-state index is 0.0198. The molecule has 2 N–H and O–H groups in total. The summed E-state index contributed by atoms with van der Waals surface area (Å²) in [6, 6.07) is 7.59. The van der Waals surface area contributed by atoms with Gasteiger partial charge >= 0.3 is 0 Å². The van der Waals surface area contributed by atoms with E-state index < -0.39 is 0 Å². The molecule has 0 aliphatic carbocycles. The van der Waals surface area contributed by atoms with Crippen LogP contribution in [0.1, 0.15) is 6.92 Å². The highest BCUT2D eigenvalue weighted by Crippen LogP contribution is 2.13. The second kappa shape index (κ2) is 6.18. The highest BCUT2D eigenvalue weighted by Gasteiger charge is 2.17. The highest BCUT2D eigenvalue weighted by atomic mass is 35.5. The second-order valence-corrected chi connectivity index (χ2v) is 5.08. The third kappa shape index (κ3) is 3.98. The first-order valence-corrected chi connectivity index (χ1v) is 6.52. The Morgan fingerprint density at radius 1 is 1.50 bits per heavy atom. The number of rotatable bonds is 3. The van der Waals surface area contributed by atoms with E-state index in [1.54, 1.807) is 24.3 Å². The van der Waals surface area contributed by atoms with E-state index >= 15 is 0 Å². The molecule has 0 radical (unpaired) electrons. The van der Waals surface area contributed by atoms with Gasteiger partial charge in [-0.2, -0.15) is 0 Å². The van der Waals surface area contributed by atoms with E-state index in [4.69, 9.17) is 11.6 Å². The third-order valence-corrected chi connectivity index (χ3v) is 3.20. The molecule has 0 bridgehead atoms. The fourth-order valence-corrected chi connectivity index (χ4v) is 2.22. The molecule has 1 aliphatic heterocycles. The van der Waals surface area contributed by atoms with Crippen LogP contribution in [0, 0.1) is 0 Å². The molecule has 1 amide bonds. The Morgan fingerprint density at radius 3 is 2.89 bits per heavy atom. The van der Waals surface area contributed by atoms with Crippen molar-refractivity contribution in [2.45, 2.75) is 13.0 Å². The molecule has 0 spiro atoms. The number of carbonyl (C=O) groups is 1. The van der Waals surface area contributed by atoms with Crippen LogP contribution in [0.15, 0.2) is 24.3 Å². The predicted octanol–water partition coefficient (Wildman–Crippen LogP) is 1.57. The van der Waals surface area contributed by atoms with Gasteiger partial charge in [-0.1, -0.05) is 11.6 Å². The Balaban J connectivity index is 1.83. The normalized spacial score (nSPS) is 20.7. The summed E-state index contributed by atoms with van der Waals surface area (Å²) in [5.41, 5.74) is 0.785. The Labute approximate surface area is 112 Å². The van der Waals surface area contributed by atoms with Crippen molar-refractivity contribution >= 4 is 23.2 Å². The molecule has 1 aliphatic rings. The molecule has 0 aromatic heterocycles. The number of hydrogen-bond donors (Lipinski definition) is 2. The lowest BCUT2D eigenvalue weighted by molar-refractivity contribution is -0.117. The summed E-state index contributed by atoms with van der Waals surface area (Å²) in [6.07, 6.45) is 0. The molecule has 98 valence electrons. The van der Waals surface area contributed by atoms with Gasteiger partial charge in [0, 0.05) is 36.4 Å². The minimum atomic E-state index is 0.0198. The molecular formula is C13H18ClN3O. The van der Waals surface area contributed by atoms with Gasteiger partial charge in [-0.3, -0.25) is 9.69 Å². The average Bonchev–Trinajstić information content (AvgIpc) is 2.32. The molecule has 5 heteroatoms. The van der Waals surface area contributed by atoms with Crippen LogP contribution in [0.2, 0.25) is 5.02 Å². The second-order valence-electron chi connectivity index (χ2n) is 4.65. The van der Waals surface area contributed by atoms with Crippen LogP contribution in [-0.2, 0) is 4.79 Å². The Bertz CT molecular complexity index is 407. The molecule has 0 saturated carbocycles. The predicted molar refractivity (Wildman–Crippen MR) is 74.0 cm³/mol. The summed E-state index contributed by atoms with van der Waals surface area (Å²) < 4.78 is 0. The van der Waals surface area contributed by atoms with Gasteiger partial charge in [0.15, 0.2) is 0 Å². The van der Waals surface area contributed by atoms with Crippen LogP contribution in [-0.4, -0.2) is 43.0 Å². The number of nitrogens with one attached hydrogen (secondary N) is 2. The fourth-order valence-electron chi connectivity index (χ4n) is 2.09. The summed E-state index contributed by atoms with van der Waals surface area (Å²) in [7, 11) is 0. The van der Waals surface area contributed by atoms with E-state index in [0.29, 0.717) is 17.6 Å². The molecule has 1 atom stereocenters. The van der Waals surface area contributed by atoms with E-state index in [2.05, 4.69) is 22.5 Å². The number of carbonyl (C=O) groups excluding carboxylic acids is 1. The largest absolute Gasteiger partial charge is 0.325 e. The average molecular weight is 268 g/mol. The lowest BCUT2D eigenvalue weighted by Gasteiger charge is -2.31. The maximum Gasteiger partial charge on any atom is 0.238 e. The van der Waals surface area contributed by atoms with E-state index in [1.807, 2.05) is 0 Å². The molecule has 1 unspecified atom stereocenters. The first-order chi connectivity index (χ1) is 8.63. The fraction of sp³-hybridized carbons (Fsp3) is 0.462. The van der Waals surface area contributed by atoms with Gasteiger partial charge in [0.1, 0.15) is 0 Å². The Kier molecular flexibility index (Phi) is 4.58. The molecular weight excluding hydrogens is 250 g/mol. The topological polar surface area (TPSA) is 44.4 Å². The highest BCUT2D eigenvalue weighted by molar-refractivity contribution is 6.30. The monoisotopic (exact) mass is 267 g/mol.